The average molecular weight is 512 g/mol. The topological polar surface area (TPSA) is 52.0 Å². The minimum atomic E-state index is -1.04. The van der Waals surface area contributed by atoms with E-state index >= 15 is 0 Å². The van der Waals surface area contributed by atoms with E-state index in [2.05, 4.69) is 11.5 Å². The fourth-order valence-electron chi connectivity index (χ4n) is 5.89. The van der Waals surface area contributed by atoms with Crippen LogP contribution in [0.4, 0.5) is 0 Å². The van der Waals surface area contributed by atoms with Gasteiger partial charge in [0, 0.05) is 234 Å². The predicted molar refractivity (Wildman–Crippen MR) is 242 cm³/mol. The minimum Gasteiger partial charge on any atom is -0.333 e. The molecule has 1 aromatic rings. The highest BCUT2D eigenvalue weighted by Gasteiger charge is 2.52. The summed E-state index contributed by atoms with van der Waals surface area (Å²) in [5.74, 6) is 0. The van der Waals surface area contributed by atoms with Crippen LogP contribution in [0.15, 0.2) is 36.4 Å². The molecule has 0 saturated carbocycles. The average Bonchev–Trinajstić information content (AvgIpc) is 2.93. The lowest BCUT2D eigenvalue weighted by Crippen LogP contribution is -2.87. The molecule has 0 unspecified atom stereocenters. The molecular formula is C9H19B33N2. The van der Waals surface area contributed by atoms with Crippen molar-refractivity contribution < 1.29 is 0 Å². The molecule has 0 saturated heterocycles. The van der Waals surface area contributed by atoms with E-state index in [9.17, 15) is 0 Å². The van der Waals surface area contributed by atoms with E-state index in [0.717, 1.165) is 0 Å². The molecule has 35 heteroatoms. The van der Waals surface area contributed by atoms with Gasteiger partial charge in [-0.2, -0.15) is 0 Å². The molecule has 0 aliphatic heterocycles. The molecule has 0 amide bonds. The van der Waals surface area contributed by atoms with Gasteiger partial charge in [-0.05, 0) is 14.1 Å². The third-order valence-corrected chi connectivity index (χ3v) is 7.66. The van der Waals surface area contributed by atoms with Crippen LogP contribution in [0.2, 0.25) is 6.82 Å². The van der Waals surface area contributed by atoms with Crippen LogP contribution in [0.1, 0.15) is 0 Å². The van der Waals surface area contributed by atoms with Crippen LogP contribution in [0.5, 0.6) is 0 Å². The van der Waals surface area contributed by atoms with Gasteiger partial charge in [-0.1, -0.05) is 36.4 Å². The van der Waals surface area contributed by atoms with E-state index < -0.39 is 102 Å². The number of rotatable bonds is 15. The van der Waals surface area contributed by atoms with E-state index in [-0.39, 0.29) is 0 Å². The third kappa shape index (κ3) is 17.1. The Morgan fingerprint density at radius 3 is 0.636 bits per heavy atom. The van der Waals surface area contributed by atoms with Crippen LogP contribution < -0.4 is 11.5 Å². The van der Waals surface area contributed by atoms with Gasteiger partial charge in [0.1, 0.15) is 0 Å². The number of benzene rings is 1. The Morgan fingerprint density at radius 1 is 0.295 bits per heavy atom. The maximum atomic E-state index is 6.36. The van der Waals surface area contributed by atoms with E-state index in [0.29, 0.717) is 0 Å². The van der Waals surface area contributed by atoms with E-state index in [1.54, 1.807) is 6.82 Å². The van der Waals surface area contributed by atoms with Crippen molar-refractivity contribution in [2.75, 3.05) is 14.1 Å². The lowest BCUT2D eigenvalue weighted by Gasteiger charge is -2.49. The summed E-state index contributed by atoms with van der Waals surface area (Å²) in [6, 6.07) is 12.0. The second-order valence-corrected chi connectivity index (χ2v) is 10.7. The number of hydrogen-bond acceptors (Lipinski definition) is 2. The van der Waals surface area contributed by atoms with E-state index in [1.807, 2.05) is 36.4 Å². The number of hydrogen-bond donors (Lipinski definition) is 2. The van der Waals surface area contributed by atoms with Crippen molar-refractivity contribution in [2.45, 2.75) is 6.82 Å². The van der Waals surface area contributed by atoms with Crippen LogP contribution in [0, 0.1) is 0 Å². The SMILES string of the molecule is CN.CN.[B]B([B])B([B])B(B([B])[B])B(B(C)B(B(B([B])[B])B([B])[B])B(B([B])[B])B([B])[B])B(B([B])[B])B([B])[B].c1ccccc1. The Labute approximate surface area is 300 Å². The van der Waals surface area contributed by atoms with Crippen molar-refractivity contribution in [3.8, 4) is 0 Å². The molecule has 2 nitrogen and oxygen atoms in total. The lowest BCUT2D eigenvalue weighted by molar-refractivity contribution is 1.48. The predicted octanol–water partition coefficient (Wildman–Crippen LogP) is -11.1. The fourth-order valence-corrected chi connectivity index (χ4v) is 5.89. The first-order valence-electron chi connectivity index (χ1n) is 14.4. The van der Waals surface area contributed by atoms with Gasteiger partial charge in [-0.15, -0.1) is 6.82 Å². The van der Waals surface area contributed by atoms with Crippen molar-refractivity contribution in [3.05, 3.63) is 36.4 Å². The zero-order valence-corrected chi connectivity index (χ0v) is 26.7. The summed E-state index contributed by atoms with van der Waals surface area (Å²) in [4.78, 5) is 0. The standard InChI is InChI=1S/C6H6.CH3B33.2CH5N/c1-2-4-6-5-3-1;1-19(29(31(21(4)5)22(6)7)32(23(8)9)24(10)11)30(33(25(12)13)26(14)15)34(27(16)17)28(18)20(2)3;2*1-2/h1-6H;1H3;2*2H2,1H3. The highest BCUT2D eigenvalue weighted by Crippen LogP contribution is 2.15. The van der Waals surface area contributed by atoms with E-state index in [4.69, 9.17) is 132 Å². The van der Waals surface area contributed by atoms with Crippen LogP contribution in [0.25, 0.3) is 0 Å². The van der Waals surface area contributed by atoms with Crippen molar-refractivity contribution in [1.29, 1.82) is 0 Å². The third-order valence-electron chi connectivity index (χ3n) is 7.66. The first-order valence-corrected chi connectivity index (χ1v) is 14.4. The second-order valence-electron chi connectivity index (χ2n) is 10.7. The smallest absolute Gasteiger partial charge is 0.0413 e. The molecule has 0 aromatic heterocycles. The maximum absolute atomic E-state index is 6.36. The van der Waals surface area contributed by atoms with Crippen molar-refractivity contribution in [2.24, 2.45) is 11.5 Å². The maximum Gasteiger partial charge on any atom is 0.0413 e. The van der Waals surface area contributed by atoms with Gasteiger partial charge >= 0.3 is 0 Å². The molecule has 44 heavy (non-hydrogen) atoms. The van der Waals surface area contributed by atoms with Gasteiger partial charge in [0.25, 0.3) is 0 Å². The molecule has 0 heterocycles. The summed E-state index contributed by atoms with van der Waals surface area (Å²) in [7, 11) is 107. The molecule has 0 bridgehead atoms. The summed E-state index contributed by atoms with van der Waals surface area (Å²) in [6.07, 6.45) is -13.6. The second kappa shape index (κ2) is 27.1. The fraction of sp³-hybridized carbons (Fsp3) is 0.333. The molecule has 164 valence electrons. The van der Waals surface area contributed by atoms with Crippen molar-refractivity contribution >= 4 is 234 Å². The summed E-state index contributed by atoms with van der Waals surface area (Å²) < 4.78 is 0. The minimum absolute atomic E-state index is 0.581. The van der Waals surface area contributed by atoms with Crippen molar-refractivity contribution in [3.63, 3.8) is 0 Å². The monoisotopic (exact) mass is 518 g/mol. The first kappa shape index (κ1) is 49.7. The highest BCUT2D eigenvalue weighted by molar-refractivity contribution is 8.25. The molecule has 0 fully saturated rings. The zero-order valence-electron chi connectivity index (χ0n) is 26.7. The Bertz CT molecular complexity index is 694. The Hall–Kier alpha value is 1.28. The van der Waals surface area contributed by atoms with Crippen LogP contribution in [-0.4, -0.2) is 248 Å². The molecule has 1 aromatic carbocycles. The zero-order chi connectivity index (χ0) is 35.5. The molecule has 0 spiro atoms. The Balaban J connectivity index is -0.00000144. The van der Waals surface area contributed by atoms with Gasteiger partial charge < -0.3 is 11.5 Å². The molecule has 0 aliphatic carbocycles. The molecular weight excluding hydrogens is 493 g/mol. The molecule has 0 aliphatic rings. The van der Waals surface area contributed by atoms with Crippen LogP contribution in [0.3, 0.4) is 0 Å². The van der Waals surface area contributed by atoms with E-state index in [1.165, 1.54) is 14.1 Å². The van der Waals surface area contributed by atoms with Gasteiger partial charge in [-0.25, -0.2) is 0 Å². The normalized spacial score (nSPS) is 8.75. The largest absolute Gasteiger partial charge is 0.333 e. The molecule has 4 N–H and O–H groups in total. The van der Waals surface area contributed by atoms with Gasteiger partial charge in [0.15, 0.2) is 0 Å². The molecule has 1 rings (SSSR count). The van der Waals surface area contributed by atoms with Gasteiger partial charge in [0.2, 0.25) is 0 Å². The number of nitrogens with two attached hydrogens (primary N) is 2. The molecule has 34 radical (unpaired) electrons. The lowest BCUT2D eigenvalue weighted by atomic mass is 8.33. The summed E-state index contributed by atoms with van der Waals surface area (Å²) >= 11 is 0. The summed E-state index contributed by atoms with van der Waals surface area (Å²) in [5.41, 5.74) is 9.00. The summed E-state index contributed by atoms with van der Waals surface area (Å²) in [6.45, 7) is 1.22. The molecule has 0 atom stereocenters. The summed E-state index contributed by atoms with van der Waals surface area (Å²) in [5, 5.41) is 0. The van der Waals surface area contributed by atoms with Gasteiger partial charge in [0.05, 0.1) is 0 Å². The van der Waals surface area contributed by atoms with Crippen molar-refractivity contribution in [1.82, 2.24) is 0 Å². The van der Waals surface area contributed by atoms with Gasteiger partial charge in [-0.3, -0.25) is 0 Å². The first-order chi connectivity index (χ1) is 20.4. The van der Waals surface area contributed by atoms with Crippen LogP contribution >= 0.6 is 0 Å². The van der Waals surface area contributed by atoms with Crippen LogP contribution in [-0.2, 0) is 0 Å². The quantitative estimate of drug-likeness (QED) is 0.230. The highest BCUT2D eigenvalue weighted by atomic mass is 14.4. The Morgan fingerprint density at radius 2 is 0.477 bits per heavy atom. The Kier molecular flexibility index (Phi) is 30.6.